The molecule has 4 fully saturated rings. The van der Waals surface area contributed by atoms with Crippen molar-refractivity contribution in [2.75, 3.05) is 51.3 Å². The van der Waals surface area contributed by atoms with Crippen LogP contribution in [0.2, 0.25) is 0 Å². The van der Waals surface area contributed by atoms with Crippen LogP contribution in [0, 0.1) is 11.8 Å². The molecule has 2 bridgehead atoms. The number of amides is 1. The number of ether oxygens (including phenoxy) is 1. The number of piperazine rings is 1. The summed E-state index contributed by atoms with van der Waals surface area (Å²) in [6, 6.07) is 15.5. The molecule has 4 aliphatic rings. The highest BCUT2D eigenvalue weighted by Crippen LogP contribution is 2.38. The summed E-state index contributed by atoms with van der Waals surface area (Å²) in [6.45, 7) is 5.78. The molecule has 194 valence electrons. The minimum atomic E-state index is 0.0846. The number of carbonyl (C=O) groups is 1. The Morgan fingerprint density at radius 1 is 1.08 bits per heavy atom. The first-order chi connectivity index (χ1) is 18.1. The summed E-state index contributed by atoms with van der Waals surface area (Å²) in [4.78, 5) is 20.4. The summed E-state index contributed by atoms with van der Waals surface area (Å²) in [5, 5.41) is 18.4. The number of phenolic OH excluding ortho intramolecular Hbond substituents is 1. The molecule has 37 heavy (non-hydrogen) atoms. The van der Waals surface area contributed by atoms with Crippen LogP contribution in [0.15, 0.2) is 54.7 Å². The molecule has 1 aromatic heterocycles. The van der Waals surface area contributed by atoms with Gasteiger partial charge in [0.25, 0.3) is 0 Å². The maximum Gasteiger partial charge on any atom is 0.227 e. The molecule has 0 spiro atoms. The van der Waals surface area contributed by atoms with Crippen LogP contribution in [-0.4, -0.2) is 88.2 Å². The molecule has 0 saturated carbocycles. The maximum absolute atomic E-state index is 13.6. The van der Waals surface area contributed by atoms with E-state index >= 15 is 0 Å². The first-order valence-corrected chi connectivity index (χ1v) is 13.2. The molecule has 1 amide bonds. The number of carbonyl (C=O) groups excluding carboxylic acids is 1. The third kappa shape index (κ3) is 4.75. The lowest BCUT2D eigenvalue weighted by atomic mass is 9.75. The Morgan fingerprint density at radius 2 is 1.92 bits per heavy atom. The van der Waals surface area contributed by atoms with Gasteiger partial charge in [-0.25, -0.2) is 0 Å². The summed E-state index contributed by atoms with van der Waals surface area (Å²) < 4.78 is 7.44. The first-order valence-electron chi connectivity index (χ1n) is 13.2. The molecule has 1 N–H and O–H groups in total. The summed E-state index contributed by atoms with van der Waals surface area (Å²) in [6.07, 6.45) is 4.04. The van der Waals surface area contributed by atoms with Crippen molar-refractivity contribution in [2.45, 2.75) is 25.4 Å². The monoisotopic (exact) mass is 502 g/mol. The highest BCUT2D eigenvalue weighted by Gasteiger charge is 2.44. The zero-order chi connectivity index (χ0) is 25.4. The summed E-state index contributed by atoms with van der Waals surface area (Å²) >= 11 is 0. The average Bonchev–Trinajstić information content (AvgIpc) is 3.41. The number of aromatic nitrogens is 3. The van der Waals surface area contributed by atoms with Crippen molar-refractivity contribution < 1.29 is 14.6 Å². The number of nitrogens with zero attached hydrogens (tertiary/aromatic N) is 6. The van der Waals surface area contributed by atoms with E-state index in [4.69, 9.17) is 4.74 Å². The molecule has 0 radical (unpaired) electrons. The lowest BCUT2D eigenvalue weighted by Crippen LogP contribution is -2.60. The number of methoxy groups -OCH3 is 1. The van der Waals surface area contributed by atoms with E-state index in [0.29, 0.717) is 17.9 Å². The third-order valence-electron chi connectivity index (χ3n) is 8.29. The molecular weight excluding hydrogens is 468 g/mol. The Kier molecular flexibility index (Phi) is 6.46. The van der Waals surface area contributed by atoms with E-state index in [1.807, 2.05) is 41.2 Å². The van der Waals surface area contributed by atoms with Crippen molar-refractivity contribution in [1.29, 1.82) is 0 Å². The van der Waals surface area contributed by atoms with E-state index in [2.05, 4.69) is 31.1 Å². The Morgan fingerprint density at radius 3 is 2.68 bits per heavy atom. The second-order valence-electron chi connectivity index (χ2n) is 10.4. The fourth-order valence-corrected chi connectivity index (χ4v) is 6.30. The molecule has 2 aromatic carbocycles. The number of phenols is 1. The second kappa shape index (κ2) is 10.0. The highest BCUT2D eigenvalue weighted by molar-refractivity contribution is 5.80. The average molecular weight is 503 g/mol. The van der Waals surface area contributed by atoms with Gasteiger partial charge in [-0.15, -0.1) is 5.10 Å². The van der Waals surface area contributed by atoms with Gasteiger partial charge in [-0.05, 0) is 49.6 Å². The van der Waals surface area contributed by atoms with Crippen LogP contribution in [0.3, 0.4) is 0 Å². The predicted molar refractivity (Wildman–Crippen MR) is 140 cm³/mol. The minimum absolute atomic E-state index is 0.0846. The standard InChI is InChI=1S/C28H34N6O3/c1-37-27-8-3-2-7-26(27)31-11-13-32(14-12-31)28(36)24-18-33-10-9-20(24)15-22(33)17-34-19-25(29-30-34)21-5-4-6-23(35)16-21/h2-8,16,19-20,22,24,35H,9-15,17-18H2,1H3/t20?,22-,24+/m1/s1. The summed E-state index contributed by atoms with van der Waals surface area (Å²) in [5.74, 6) is 1.93. The predicted octanol–water partition coefficient (Wildman–Crippen LogP) is 2.72. The van der Waals surface area contributed by atoms with Crippen molar-refractivity contribution >= 4 is 11.6 Å². The number of aromatic hydroxyl groups is 1. The van der Waals surface area contributed by atoms with E-state index in [9.17, 15) is 9.90 Å². The number of para-hydroxylation sites is 2. The van der Waals surface area contributed by atoms with Crippen molar-refractivity contribution in [2.24, 2.45) is 11.8 Å². The van der Waals surface area contributed by atoms with Gasteiger partial charge in [-0.1, -0.05) is 29.5 Å². The molecule has 4 saturated heterocycles. The lowest BCUT2D eigenvalue weighted by molar-refractivity contribution is -0.144. The van der Waals surface area contributed by atoms with Gasteiger partial charge >= 0.3 is 0 Å². The molecule has 7 rings (SSSR count). The molecular formula is C28H34N6O3. The van der Waals surface area contributed by atoms with Gasteiger partial charge in [0.15, 0.2) is 0 Å². The minimum Gasteiger partial charge on any atom is -0.508 e. The molecule has 0 aliphatic carbocycles. The zero-order valence-electron chi connectivity index (χ0n) is 21.2. The zero-order valence-corrected chi connectivity index (χ0v) is 21.2. The van der Waals surface area contributed by atoms with Crippen LogP contribution >= 0.6 is 0 Å². The van der Waals surface area contributed by atoms with Gasteiger partial charge in [0.1, 0.15) is 17.2 Å². The number of fused-ring (bicyclic) bond motifs is 3. The van der Waals surface area contributed by atoms with Gasteiger partial charge in [0.2, 0.25) is 5.91 Å². The van der Waals surface area contributed by atoms with Gasteiger partial charge in [0, 0.05) is 44.3 Å². The van der Waals surface area contributed by atoms with Gasteiger partial charge in [-0.3, -0.25) is 14.4 Å². The van der Waals surface area contributed by atoms with Crippen molar-refractivity contribution in [1.82, 2.24) is 24.8 Å². The summed E-state index contributed by atoms with van der Waals surface area (Å²) in [7, 11) is 1.70. The first kappa shape index (κ1) is 23.8. The molecule has 4 atom stereocenters. The van der Waals surface area contributed by atoms with Crippen LogP contribution in [0.25, 0.3) is 11.3 Å². The second-order valence-corrected chi connectivity index (χ2v) is 10.4. The van der Waals surface area contributed by atoms with E-state index < -0.39 is 0 Å². The van der Waals surface area contributed by atoms with Crippen LogP contribution in [-0.2, 0) is 11.3 Å². The fourth-order valence-electron chi connectivity index (χ4n) is 6.30. The molecule has 5 heterocycles. The number of benzene rings is 2. The topological polar surface area (TPSA) is 87.0 Å². The van der Waals surface area contributed by atoms with Crippen LogP contribution < -0.4 is 9.64 Å². The van der Waals surface area contributed by atoms with Gasteiger partial charge < -0.3 is 19.6 Å². The van der Waals surface area contributed by atoms with Crippen LogP contribution in [0.4, 0.5) is 5.69 Å². The lowest BCUT2D eigenvalue weighted by Gasteiger charge is -2.50. The van der Waals surface area contributed by atoms with Crippen molar-refractivity contribution in [3.8, 4) is 22.8 Å². The highest BCUT2D eigenvalue weighted by atomic mass is 16.5. The van der Waals surface area contributed by atoms with Crippen LogP contribution in [0.5, 0.6) is 11.5 Å². The Labute approximate surface area is 217 Å². The van der Waals surface area contributed by atoms with E-state index in [-0.39, 0.29) is 11.7 Å². The fraction of sp³-hybridized carbons (Fsp3) is 0.464. The van der Waals surface area contributed by atoms with E-state index in [0.717, 1.165) is 81.3 Å². The quantitative estimate of drug-likeness (QED) is 0.555. The maximum atomic E-state index is 13.6. The van der Waals surface area contributed by atoms with Gasteiger partial charge in [0.05, 0.1) is 31.5 Å². The smallest absolute Gasteiger partial charge is 0.227 e. The SMILES string of the molecule is COc1ccccc1N1CCN(C(=O)[C@H]2CN3CCC2C[C@@H]3Cn2cc(-c3cccc(O)c3)nn2)CC1. The summed E-state index contributed by atoms with van der Waals surface area (Å²) in [5.41, 5.74) is 2.71. The van der Waals surface area contributed by atoms with E-state index in [1.165, 1.54) is 0 Å². The van der Waals surface area contributed by atoms with Crippen molar-refractivity contribution in [3.63, 3.8) is 0 Å². The van der Waals surface area contributed by atoms with Crippen LogP contribution in [0.1, 0.15) is 12.8 Å². The third-order valence-corrected chi connectivity index (χ3v) is 8.29. The Bertz CT molecular complexity index is 1250. The number of hydrogen-bond donors (Lipinski definition) is 1. The van der Waals surface area contributed by atoms with Gasteiger partial charge in [-0.2, -0.15) is 0 Å². The Balaban J connectivity index is 1.05. The Hall–Kier alpha value is -3.59. The largest absolute Gasteiger partial charge is 0.508 e. The molecule has 9 nitrogen and oxygen atoms in total. The molecule has 3 aromatic rings. The molecule has 2 unspecified atom stereocenters. The normalized spacial score (nSPS) is 25.3. The molecule has 9 heteroatoms. The number of hydrogen-bond acceptors (Lipinski definition) is 7. The van der Waals surface area contributed by atoms with Crippen molar-refractivity contribution in [3.05, 3.63) is 54.7 Å². The molecule has 4 aliphatic heterocycles. The number of anilines is 1. The number of piperidine rings is 3. The van der Waals surface area contributed by atoms with E-state index in [1.54, 1.807) is 19.2 Å². The number of rotatable bonds is 6.